The van der Waals surface area contributed by atoms with E-state index in [9.17, 15) is 4.79 Å². The maximum atomic E-state index is 12.8. The highest BCUT2D eigenvalue weighted by atomic mass is 16.5. The summed E-state index contributed by atoms with van der Waals surface area (Å²) in [4.78, 5) is 18.6. The van der Waals surface area contributed by atoms with Crippen LogP contribution in [-0.2, 0) is 11.2 Å². The smallest absolute Gasteiger partial charge is 0.241 e. The van der Waals surface area contributed by atoms with E-state index in [1.54, 1.807) is 18.9 Å². The second-order valence-corrected chi connectivity index (χ2v) is 5.97. The molecule has 8 heteroatoms. The number of rotatable bonds is 5. The molecule has 0 bridgehead atoms. The Morgan fingerprint density at radius 2 is 2.08 bits per heavy atom. The Bertz CT molecular complexity index is 689. The van der Waals surface area contributed by atoms with Gasteiger partial charge in [0, 0.05) is 32.9 Å². The number of aromatic nitrogens is 2. The molecule has 4 N–H and O–H groups in total. The molecule has 1 aliphatic heterocycles. The van der Waals surface area contributed by atoms with Crippen molar-refractivity contribution in [1.29, 1.82) is 0 Å². The van der Waals surface area contributed by atoms with Crippen LogP contribution < -0.4 is 16.6 Å². The van der Waals surface area contributed by atoms with Gasteiger partial charge in [-0.2, -0.15) is 4.98 Å². The van der Waals surface area contributed by atoms with Crippen LogP contribution in [0.15, 0.2) is 34.9 Å². The van der Waals surface area contributed by atoms with E-state index in [0.29, 0.717) is 24.7 Å². The molecule has 0 saturated carbocycles. The lowest BCUT2D eigenvalue weighted by Crippen LogP contribution is -2.46. The Balaban J connectivity index is 1.66. The van der Waals surface area contributed by atoms with Crippen LogP contribution in [0, 0.1) is 6.92 Å². The van der Waals surface area contributed by atoms with Crippen molar-refractivity contribution in [2.75, 3.05) is 13.6 Å². The van der Waals surface area contributed by atoms with Crippen LogP contribution in [0.25, 0.3) is 0 Å². The molecule has 1 aromatic carbocycles. The molecule has 24 heavy (non-hydrogen) atoms. The molecule has 2 aromatic rings. The van der Waals surface area contributed by atoms with Gasteiger partial charge in [0.05, 0.1) is 6.17 Å². The number of carbonyl (C=O) groups is 1. The van der Waals surface area contributed by atoms with E-state index in [-0.39, 0.29) is 18.0 Å². The highest BCUT2D eigenvalue weighted by Gasteiger charge is 2.40. The first-order chi connectivity index (χ1) is 11.6. The van der Waals surface area contributed by atoms with Crippen LogP contribution in [0.4, 0.5) is 0 Å². The number of hydrogen-bond acceptors (Lipinski definition) is 7. The van der Waals surface area contributed by atoms with E-state index in [1.165, 1.54) is 0 Å². The molecule has 1 saturated heterocycles. The number of hydrogen-bond donors (Lipinski definition) is 3. The van der Waals surface area contributed by atoms with E-state index >= 15 is 0 Å². The molecule has 0 aliphatic carbocycles. The van der Waals surface area contributed by atoms with Gasteiger partial charge in [0.1, 0.15) is 6.04 Å². The lowest BCUT2D eigenvalue weighted by atomic mass is 9.90. The summed E-state index contributed by atoms with van der Waals surface area (Å²) in [6.45, 7) is 2.25. The van der Waals surface area contributed by atoms with Crippen LogP contribution >= 0.6 is 0 Å². The van der Waals surface area contributed by atoms with Gasteiger partial charge in [-0.3, -0.25) is 4.79 Å². The number of amides is 1. The number of nitrogens with two attached hydrogens (primary N) is 1. The van der Waals surface area contributed by atoms with Gasteiger partial charge in [-0.15, -0.1) is 0 Å². The Hall–Kier alpha value is -2.29. The van der Waals surface area contributed by atoms with Crippen molar-refractivity contribution in [3.63, 3.8) is 0 Å². The Morgan fingerprint density at radius 3 is 2.75 bits per heavy atom. The zero-order chi connectivity index (χ0) is 17.1. The van der Waals surface area contributed by atoms with E-state index in [2.05, 4.69) is 21.0 Å². The summed E-state index contributed by atoms with van der Waals surface area (Å²) >= 11 is 0. The predicted molar refractivity (Wildman–Crippen MR) is 87.6 cm³/mol. The molecule has 1 aliphatic rings. The van der Waals surface area contributed by atoms with Crippen LogP contribution in [0.2, 0.25) is 0 Å². The van der Waals surface area contributed by atoms with Crippen molar-refractivity contribution in [2.24, 2.45) is 5.73 Å². The van der Waals surface area contributed by atoms with Gasteiger partial charge in [0.15, 0.2) is 5.82 Å². The second-order valence-electron chi connectivity index (χ2n) is 5.97. The molecule has 0 spiro atoms. The summed E-state index contributed by atoms with van der Waals surface area (Å²) < 4.78 is 4.94. The molecule has 3 atom stereocenters. The Labute approximate surface area is 140 Å². The molecule has 3 rings (SSSR count). The molecule has 8 nitrogen and oxygen atoms in total. The lowest BCUT2D eigenvalue weighted by molar-refractivity contribution is -0.132. The first-order valence-electron chi connectivity index (χ1n) is 7.92. The fourth-order valence-electron chi connectivity index (χ4n) is 2.92. The maximum absolute atomic E-state index is 12.8. The molecule has 0 radical (unpaired) electrons. The Kier molecular flexibility index (Phi) is 4.89. The molecule has 1 aromatic heterocycles. The average Bonchev–Trinajstić information content (AvgIpc) is 3.18. The molecule has 3 unspecified atom stereocenters. The first-order valence-corrected chi connectivity index (χ1v) is 7.92. The average molecular weight is 330 g/mol. The molecular formula is C16H22N6O2. The molecule has 128 valence electrons. The van der Waals surface area contributed by atoms with Crippen LogP contribution in [0.3, 0.4) is 0 Å². The fourth-order valence-corrected chi connectivity index (χ4v) is 2.92. The van der Waals surface area contributed by atoms with Crippen molar-refractivity contribution < 1.29 is 9.32 Å². The van der Waals surface area contributed by atoms with Crippen molar-refractivity contribution in [1.82, 2.24) is 25.9 Å². The molecular weight excluding hydrogens is 308 g/mol. The fraction of sp³-hybridized carbons (Fsp3) is 0.438. The van der Waals surface area contributed by atoms with Gasteiger partial charge in [-0.1, -0.05) is 35.5 Å². The maximum Gasteiger partial charge on any atom is 0.241 e. The van der Waals surface area contributed by atoms with E-state index in [4.69, 9.17) is 10.3 Å². The van der Waals surface area contributed by atoms with E-state index < -0.39 is 6.04 Å². The minimum atomic E-state index is -0.417. The number of aryl methyl sites for hydroxylation is 1. The summed E-state index contributed by atoms with van der Waals surface area (Å²) in [5.41, 5.74) is 13.2. The van der Waals surface area contributed by atoms with Gasteiger partial charge in [0.25, 0.3) is 0 Å². The number of nitrogens with one attached hydrogen (secondary N) is 2. The number of nitrogens with zero attached hydrogens (tertiary/aromatic N) is 3. The third-order valence-corrected chi connectivity index (χ3v) is 4.22. The second kappa shape index (κ2) is 7.08. The van der Waals surface area contributed by atoms with E-state index in [1.807, 2.05) is 30.3 Å². The van der Waals surface area contributed by atoms with Crippen molar-refractivity contribution in [3.05, 3.63) is 47.6 Å². The van der Waals surface area contributed by atoms with Crippen molar-refractivity contribution >= 4 is 5.91 Å². The summed E-state index contributed by atoms with van der Waals surface area (Å²) in [7, 11) is 1.77. The highest BCUT2D eigenvalue weighted by molar-refractivity contribution is 5.83. The van der Waals surface area contributed by atoms with E-state index in [0.717, 1.165) is 5.56 Å². The number of carbonyl (C=O) groups excluding carboxylic acids is 1. The van der Waals surface area contributed by atoms with Gasteiger partial charge in [-0.25, -0.2) is 10.9 Å². The van der Waals surface area contributed by atoms with Gasteiger partial charge in [-0.05, 0) is 5.56 Å². The summed E-state index contributed by atoms with van der Waals surface area (Å²) in [5.74, 6) is 0.967. The predicted octanol–water partition coefficient (Wildman–Crippen LogP) is -0.0761. The summed E-state index contributed by atoms with van der Waals surface area (Å²) in [6.07, 6.45) is 0.219. The number of hydrazine groups is 1. The topological polar surface area (TPSA) is 109 Å². The van der Waals surface area contributed by atoms with Crippen LogP contribution in [-0.4, -0.2) is 46.7 Å². The van der Waals surface area contributed by atoms with Crippen molar-refractivity contribution in [2.45, 2.75) is 31.5 Å². The molecule has 2 heterocycles. The number of likely N-dealkylation sites (N-methyl/N-ethyl adjacent to an activating group) is 1. The van der Waals surface area contributed by atoms with Gasteiger partial charge >= 0.3 is 0 Å². The number of benzene rings is 1. The summed E-state index contributed by atoms with van der Waals surface area (Å²) in [6, 6.07) is 9.40. The largest absolute Gasteiger partial charge is 0.344 e. The van der Waals surface area contributed by atoms with Crippen molar-refractivity contribution in [3.8, 4) is 0 Å². The molecule has 1 amide bonds. The van der Waals surface area contributed by atoms with Crippen LogP contribution in [0.5, 0.6) is 0 Å². The zero-order valence-corrected chi connectivity index (χ0v) is 13.8. The SMILES string of the molecule is Cc1nc(CCN(C)C(=O)C2NNC(N)C2c2ccccc2)no1. The third-order valence-electron chi connectivity index (χ3n) is 4.22. The monoisotopic (exact) mass is 330 g/mol. The Morgan fingerprint density at radius 1 is 1.33 bits per heavy atom. The third kappa shape index (κ3) is 3.45. The van der Waals surface area contributed by atoms with Gasteiger partial charge < -0.3 is 15.2 Å². The lowest BCUT2D eigenvalue weighted by Gasteiger charge is -2.25. The molecule has 1 fully saturated rings. The minimum absolute atomic E-state index is 0.0236. The quantitative estimate of drug-likeness (QED) is 0.703. The van der Waals surface area contributed by atoms with Gasteiger partial charge in [0.2, 0.25) is 11.8 Å². The highest BCUT2D eigenvalue weighted by Crippen LogP contribution is 2.26. The standard InChI is InChI=1S/C16H22N6O2/c1-10-18-12(21-24-10)8-9-22(2)16(23)14-13(15(17)20-19-14)11-6-4-3-5-7-11/h3-7,13-15,19-20H,8-9,17H2,1-2H3. The van der Waals surface area contributed by atoms with Crippen LogP contribution in [0.1, 0.15) is 23.2 Å². The first kappa shape index (κ1) is 16.6. The normalized spacial score (nSPS) is 23.4. The summed E-state index contributed by atoms with van der Waals surface area (Å²) in [5, 5.41) is 3.85. The minimum Gasteiger partial charge on any atom is -0.344 e. The zero-order valence-electron chi connectivity index (χ0n) is 13.8.